The third-order valence-corrected chi connectivity index (χ3v) is 3.19. The van der Waals surface area contributed by atoms with Gasteiger partial charge in [-0.2, -0.15) is 13.2 Å². The Hall–Kier alpha value is -2.51. The second kappa shape index (κ2) is 5.36. The van der Waals surface area contributed by atoms with Crippen molar-refractivity contribution in [2.45, 2.75) is 19.1 Å². The average molecular weight is 311 g/mol. The summed E-state index contributed by atoms with van der Waals surface area (Å²) in [6.07, 6.45) is -3.42. The number of benzene rings is 1. The van der Waals surface area contributed by atoms with Crippen molar-refractivity contribution in [2.75, 3.05) is 12.1 Å². The van der Waals surface area contributed by atoms with Gasteiger partial charge in [-0.05, 0) is 30.7 Å². The SMILES string of the molecule is CC(Nc1nccc(C(F)(F)F)n1)c1ccc2c(c1)OCO2. The number of anilines is 1. The highest BCUT2D eigenvalue weighted by Gasteiger charge is 2.32. The van der Waals surface area contributed by atoms with Gasteiger partial charge in [0.2, 0.25) is 12.7 Å². The highest BCUT2D eigenvalue weighted by Crippen LogP contribution is 2.34. The minimum Gasteiger partial charge on any atom is -0.454 e. The summed E-state index contributed by atoms with van der Waals surface area (Å²) < 4.78 is 48.4. The van der Waals surface area contributed by atoms with E-state index in [1.165, 1.54) is 0 Å². The maximum atomic E-state index is 12.6. The molecule has 0 amide bonds. The maximum Gasteiger partial charge on any atom is 0.433 e. The molecule has 1 aromatic heterocycles. The van der Waals surface area contributed by atoms with Crippen LogP contribution in [0.5, 0.6) is 11.5 Å². The first-order valence-electron chi connectivity index (χ1n) is 6.50. The van der Waals surface area contributed by atoms with Crippen LogP contribution in [-0.4, -0.2) is 16.8 Å². The van der Waals surface area contributed by atoms with Crippen LogP contribution < -0.4 is 14.8 Å². The van der Waals surface area contributed by atoms with Crippen molar-refractivity contribution < 1.29 is 22.6 Å². The Labute approximate surface area is 124 Å². The summed E-state index contributed by atoms with van der Waals surface area (Å²) in [7, 11) is 0. The summed E-state index contributed by atoms with van der Waals surface area (Å²) in [4.78, 5) is 7.29. The fourth-order valence-corrected chi connectivity index (χ4v) is 2.05. The van der Waals surface area contributed by atoms with Crippen LogP contribution in [0.1, 0.15) is 24.2 Å². The fraction of sp³-hybridized carbons (Fsp3) is 0.286. The van der Waals surface area contributed by atoms with Crippen LogP contribution >= 0.6 is 0 Å². The maximum absolute atomic E-state index is 12.6. The minimum atomic E-state index is -4.50. The molecule has 2 aromatic rings. The number of nitrogens with one attached hydrogen (secondary N) is 1. The topological polar surface area (TPSA) is 56.3 Å². The smallest absolute Gasteiger partial charge is 0.433 e. The van der Waals surface area contributed by atoms with Gasteiger partial charge in [0.1, 0.15) is 5.69 Å². The number of aromatic nitrogens is 2. The Morgan fingerprint density at radius 1 is 1.18 bits per heavy atom. The van der Waals surface area contributed by atoms with Gasteiger partial charge >= 0.3 is 6.18 Å². The molecule has 0 fully saturated rings. The lowest BCUT2D eigenvalue weighted by Crippen LogP contribution is -2.13. The first kappa shape index (κ1) is 14.4. The first-order valence-corrected chi connectivity index (χ1v) is 6.50. The summed E-state index contributed by atoms with van der Waals surface area (Å²) >= 11 is 0. The molecular formula is C14H12F3N3O2. The van der Waals surface area contributed by atoms with Gasteiger partial charge in [0.25, 0.3) is 0 Å². The van der Waals surface area contributed by atoms with Crippen LogP contribution in [0.3, 0.4) is 0 Å². The molecule has 1 atom stereocenters. The molecule has 0 saturated carbocycles. The molecule has 0 radical (unpaired) electrons. The molecule has 1 unspecified atom stereocenters. The largest absolute Gasteiger partial charge is 0.454 e. The molecular weight excluding hydrogens is 299 g/mol. The predicted octanol–water partition coefficient (Wildman–Crippen LogP) is 3.40. The molecule has 1 aromatic carbocycles. The van der Waals surface area contributed by atoms with Crippen molar-refractivity contribution in [3.8, 4) is 11.5 Å². The van der Waals surface area contributed by atoms with E-state index in [9.17, 15) is 13.2 Å². The van der Waals surface area contributed by atoms with E-state index < -0.39 is 11.9 Å². The Morgan fingerprint density at radius 3 is 2.73 bits per heavy atom. The van der Waals surface area contributed by atoms with Gasteiger partial charge in [0.15, 0.2) is 11.5 Å². The quantitative estimate of drug-likeness (QED) is 0.941. The second-order valence-electron chi connectivity index (χ2n) is 4.74. The lowest BCUT2D eigenvalue weighted by molar-refractivity contribution is -0.141. The standard InChI is InChI=1S/C14H12F3N3O2/c1-8(9-2-3-10-11(6-9)22-7-21-10)19-13-18-5-4-12(20-13)14(15,16)17/h2-6,8H,7H2,1H3,(H,18,19,20). The number of hydrogen-bond donors (Lipinski definition) is 1. The van der Waals surface area contributed by atoms with Crippen LogP contribution in [-0.2, 0) is 6.18 Å². The normalized spacial score (nSPS) is 14.7. The Morgan fingerprint density at radius 2 is 1.95 bits per heavy atom. The van der Waals surface area contributed by atoms with E-state index in [4.69, 9.17) is 9.47 Å². The van der Waals surface area contributed by atoms with E-state index in [1.807, 2.05) is 0 Å². The molecule has 5 nitrogen and oxygen atoms in total. The lowest BCUT2D eigenvalue weighted by atomic mass is 10.1. The zero-order valence-electron chi connectivity index (χ0n) is 11.5. The summed E-state index contributed by atoms with van der Waals surface area (Å²) in [5.41, 5.74) is -0.159. The van der Waals surface area contributed by atoms with Gasteiger partial charge in [-0.15, -0.1) is 0 Å². The zero-order valence-corrected chi connectivity index (χ0v) is 11.5. The number of nitrogens with zero attached hydrogens (tertiary/aromatic N) is 2. The summed E-state index contributed by atoms with van der Waals surface area (Å²) in [6, 6.07) is 5.86. The molecule has 0 spiro atoms. The van der Waals surface area contributed by atoms with Gasteiger partial charge < -0.3 is 14.8 Å². The van der Waals surface area contributed by atoms with E-state index in [1.54, 1.807) is 25.1 Å². The highest BCUT2D eigenvalue weighted by atomic mass is 19.4. The third kappa shape index (κ3) is 2.90. The van der Waals surface area contributed by atoms with Crippen molar-refractivity contribution >= 4 is 5.95 Å². The van der Waals surface area contributed by atoms with E-state index >= 15 is 0 Å². The highest BCUT2D eigenvalue weighted by molar-refractivity contribution is 5.46. The summed E-state index contributed by atoms with van der Waals surface area (Å²) in [5.74, 6) is 1.17. The number of fused-ring (bicyclic) bond motifs is 1. The van der Waals surface area contributed by atoms with Crippen LogP contribution in [0.25, 0.3) is 0 Å². The van der Waals surface area contributed by atoms with Crippen molar-refractivity contribution in [3.05, 3.63) is 41.7 Å². The number of rotatable bonds is 3. The molecule has 0 bridgehead atoms. The van der Waals surface area contributed by atoms with Crippen LogP contribution in [0.2, 0.25) is 0 Å². The number of alkyl halides is 3. The van der Waals surface area contributed by atoms with E-state index in [0.29, 0.717) is 11.5 Å². The molecule has 1 aliphatic heterocycles. The van der Waals surface area contributed by atoms with E-state index in [-0.39, 0.29) is 18.8 Å². The van der Waals surface area contributed by atoms with E-state index in [2.05, 4.69) is 15.3 Å². The average Bonchev–Trinajstić information content (AvgIpc) is 2.94. The summed E-state index contributed by atoms with van der Waals surface area (Å²) in [6.45, 7) is 1.96. The molecule has 3 rings (SSSR count). The van der Waals surface area contributed by atoms with Crippen molar-refractivity contribution in [1.82, 2.24) is 9.97 Å². The van der Waals surface area contributed by atoms with Crippen molar-refractivity contribution in [2.24, 2.45) is 0 Å². The molecule has 116 valence electrons. The van der Waals surface area contributed by atoms with Crippen molar-refractivity contribution in [3.63, 3.8) is 0 Å². The molecule has 0 saturated heterocycles. The number of halogens is 3. The van der Waals surface area contributed by atoms with Crippen molar-refractivity contribution in [1.29, 1.82) is 0 Å². The first-order chi connectivity index (χ1) is 10.4. The van der Waals surface area contributed by atoms with Crippen LogP contribution in [0.4, 0.5) is 19.1 Å². The Bertz CT molecular complexity index is 691. The molecule has 0 aliphatic carbocycles. The minimum absolute atomic E-state index is 0.0833. The van der Waals surface area contributed by atoms with Crippen LogP contribution in [0, 0.1) is 0 Å². The van der Waals surface area contributed by atoms with Crippen LogP contribution in [0.15, 0.2) is 30.5 Å². The second-order valence-corrected chi connectivity index (χ2v) is 4.74. The van der Waals surface area contributed by atoms with Gasteiger partial charge in [-0.3, -0.25) is 0 Å². The van der Waals surface area contributed by atoms with Gasteiger partial charge in [-0.1, -0.05) is 6.07 Å². The van der Waals surface area contributed by atoms with Gasteiger partial charge in [-0.25, -0.2) is 9.97 Å². The van der Waals surface area contributed by atoms with E-state index in [0.717, 1.165) is 17.8 Å². The molecule has 8 heteroatoms. The number of ether oxygens (including phenoxy) is 2. The predicted molar refractivity (Wildman–Crippen MR) is 71.6 cm³/mol. The van der Waals surface area contributed by atoms with Gasteiger partial charge in [0, 0.05) is 6.20 Å². The molecule has 2 heterocycles. The Balaban J connectivity index is 1.78. The molecule has 1 aliphatic rings. The van der Waals surface area contributed by atoms with Gasteiger partial charge in [0.05, 0.1) is 6.04 Å². The zero-order chi connectivity index (χ0) is 15.7. The Kier molecular flexibility index (Phi) is 3.51. The fourth-order valence-electron chi connectivity index (χ4n) is 2.05. The molecule has 22 heavy (non-hydrogen) atoms. The monoisotopic (exact) mass is 311 g/mol. The lowest BCUT2D eigenvalue weighted by Gasteiger charge is -2.15. The number of hydrogen-bond acceptors (Lipinski definition) is 5. The molecule has 1 N–H and O–H groups in total. The third-order valence-electron chi connectivity index (χ3n) is 3.19. The summed E-state index contributed by atoms with van der Waals surface area (Å²) in [5, 5.41) is 2.84.